The third-order valence-corrected chi connectivity index (χ3v) is 3.62. The highest BCUT2D eigenvalue weighted by Gasteiger charge is 2.15. The fourth-order valence-electron chi connectivity index (χ4n) is 1.74. The normalized spacial score (nSPS) is 11.0. The second kappa shape index (κ2) is 5.92. The molecule has 0 spiro atoms. The molecule has 7 heteroatoms. The molecule has 0 unspecified atom stereocenters. The van der Waals surface area contributed by atoms with Crippen molar-refractivity contribution in [1.29, 1.82) is 0 Å². The van der Waals surface area contributed by atoms with Crippen molar-refractivity contribution in [1.82, 2.24) is 0 Å². The van der Waals surface area contributed by atoms with Gasteiger partial charge < -0.3 is 4.74 Å². The molecule has 2 aromatic carbocycles. The second-order valence-electron chi connectivity index (χ2n) is 4.25. The van der Waals surface area contributed by atoms with Crippen molar-refractivity contribution < 1.29 is 21.8 Å². The molecule has 0 saturated heterocycles. The Morgan fingerprint density at radius 2 is 1.81 bits per heavy atom. The first-order chi connectivity index (χ1) is 9.86. The molecule has 0 saturated carbocycles. The van der Waals surface area contributed by atoms with Gasteiger partial charge in [0.05, 0.1) is 0 Å². The van der Waals surface area contributed by atoms with Gasteiger partial charge in [0.25, 0.3) is 0 Å². The number of nitrogens with one attached hydrogen (secondary N) is 1. The van der Waals surface area contributed by atoms with Crippen LogP contribution in [0.25, 0.3) is 0 Å². The molecular weight excluding hydrogens is 297 g/mol. The number of hydrogen-bond donors (Lipinski definition) is 1. The highest BCUT2D eigenvalue weighted by Crippen LogP contribution is 2.21. The fourth-order valence-corrected chi connectivity index (χ4v) is 2.41. The van der Waals surface area contributed by atoms with E-state index >= 15 is 0 Å². The molecule has 21 heavy (non-hydrogen) atoms. The van der Waals surface area contributed by atoms with Crippen molar-refractivity contribution in [3.05, 3.63) is 54.1 Å². The lowest BCUT2D eigenvalue weighted by molar-refractivity contribution is 0.215. The Morgan fingerprint density at radius 3 is 2.38 bits per heavy atom. The maximum absolute atomic E-state index is 12.9. The Morgan fingerprint density at radius 1 is 1.14 bits per heavy atom. The third-order valence-electron chi connectivity index (χ3n) is 2.64. The van der Waals surface area contributed by atoms with Gasteiger partial charge in [-0.25, -0.2) is 4.79 Å². The molecule has 0 aliphatic carbocycles. The molecule has 0 fully saturated rings. The van der Waals surface area contributed by atoms with Crippen molar-refractivity contribution in [2.45, 2.75) is 11.8 Å². The Hall–Kier alpha value is -2.41. The van der Waals surface area contributed by atoms with Gasteiger partial charge in [0, 0.05) is 5.69 Å². The molecular formula is C14H12FNO4S. The number of halogens is 1. The summed E-state index contributed by atoms with van der Waals surface area (Å²) in [7, 11) is -4.77. The van der Waals surface area contributed by atoms with Gasteiger partial charge in [-0.3, -0.25) is 5.32 Å². The zero-order valence-corrected chi connectivity index (χ0v) is 11.9. The molecule has 0 aromatic heterocycles. The third kappa shape index (κ3) is 4.03. The number of hydrogen-bond acceptors (Lipinski definition) is 4. The van der Waals surface area contributed by atoms with Gasteiger partial charge in [0.1, 0.15) is 10.6 Å². The SMILES string of the molecule is Cc1cc(NC(=O)Oc2ccccc2)ccc1S(=O)(=O)F. The molecule has 0 aliphatic heterocycles. The first-order valence-corrected chi connectivity index (χ1v) is 7.34. The highest BCUT2D eigenvalue weighted by molar-refractivity contribution is 7.86. The van der Waals surface area contributed by atoms with Gasteiger partial charge in [-0.2, -0.15) is 8.42 Å². The quantitative estimate of drug-likeness (QED) is 0.883. The van der Waals surface area contributed by atoms with Gasteiger partial charge in [-0.05, 0) is 42.8 Å². The maximum atomic E-state index is 12.9. The van der Waals surface area contributed by atoms with E-state index < -0.39 is 21.2 Å². The van der Waals surface area contributed by atoms with E-state index in [2.05, 4.69) is 5.32 Å². The average Bonchev–Trinajstić information content (AvgIpc) is 2.38. The van der Waals surface area contributed by atoms with Gasteiger partial charge in [0.15, 0.2) is 0 Å². The number of para-hydroxylation sites is 1. The lowest BCUT2D eigenvalue weighted by Crippen LogP contribution is -2.16. The lowest BCUT2D eigenvalue weighted by atomic mass is 10.2. The minimum atomic E-state index is -4.77. The van der Waals surface area contributed by atoms with Crippen LogP contribution >= 0.6 is 0 Å². The predicted octanol–water partition coefficient (Wildman–Crippen LogP) is 3.26. The molecule has 0 heterocycles. The molecule has 5 nitrogen and oxygen atoms in total. The Bertz CT molecular complexity index is 760. The highest BCUT2D eigenvalue weighted by atomic mass is 32.3. The van der Waals surface area contributed by atoms with Crippen LogP contribution in [-0.4, -0.2) is 14.5 Å². The topological polar surface area (TPSA) is 72.5 Å². The summed E-state index contributed by atoms with van der Waals surface area (Å²) in [5.74, 6) is 0.370. The summed E-state index contributed by atoms with van der Waals surface area (Å²) in [6, 6.07) is 12.2. The molecule has 1 amide bonds. The van der Waals surface area contributed by atoms with E-state index in [1.54, 1.807) is 30.3 Å². The second-order valence-corrected chi connectivity index (χ2v) is 5.56. The Labute approximate surface area is 121 Å². The van der Waals surface area contributed by atoms with Crippen LogP contribution in [0, 0.1) is 6.92 Å². The molecule has 0 atom stereocenters. The summed E-state index contributed by atoms with van der Waals surface area (Å²) in [6.45, 7) is 1.43. The summed E-state index contributed by atoms with van der Waals surface area (Å²) < 4.78 is 39.6. The van der Waals surface area contributed by atoms with Gasteiger partial charge in [-0.1, -0.05) is 18.2 Å². The van der Waals surface area contributed by atoms with Crippen LogP contribution < -0.4 is 10.1 Å². The van der Waals surface area contributed by atoms with Crippen molar-refractivity contribution in [3.63, 3.8) is 0 Å². The van der Waals surface area contributed by atoms with Crippen LogP contribution in [0.1, 0.15) is 5.56 Å². The lowest BCUT2D eigenvalue weighted by Gasteiger charge is -2.08. The first kappa shape index (κ1) is 15.0. The van der Waals surface area contributed by atoms with Crippen molar-refractivity contribution >= 4 is 22.0 Å². The number of amides is 1. The number of anilines is 1. The maximum Gasteiger partial charge on any atom is 0.417 e. The van der Waals surface area contributed by atoms with E-state index in [9.17, 15) is 17.1 Å². The van der Waals surface area contributed by atoms with E-state index in [-0.39, 0.29) is 5.56 Å². The summed E-state index contributed by atoms with van der Waals surface area (Å²) in [6.07, 6.45) is -0.726. The number of benzene rings is 2. The molecule has 0 bridgehead atoms. The number of carbonyl (C=O) groups is 1. The summed E-state index contributed by atoms with van der Waals surface area (Å²) in [4.78, 5) is 11.2. The molecule has 110 valence electrons. The van der Waals surface area contributed by atoms with Crippen LogP contribution in [0.2, 0.25) is 0 Å². The van der Waals surface area contributed by atoms with E-state index in [0.29, 0.717) is 11.4 Å². The smallest absolute Gasteiger partial charge is 0.410 e. The fraction of sp³-hybridized carbons (Fsp3) is 0.0714. The minimum absolute atomic E-state index is 0.190. The van der Waals surface area contributed by atoms with E-state index in [4.69, 9.17) is 4.74 Å². The molecule has 2 rings (SSSR count). The first-order valence-electron chi connectivity index (χ1n) is 5.95. The largest absolute Gasteiger partial charge is 0.417 e. The van der Waals surface area contributed by atoms with Crippen LogP contribution in [0.5, 0.6) is 5.75 Å². The predicted molar refractivity (Wildman–Crippen MR) is 75.6 cm³/mol. The van der Waals surface area contributed by atoms with Crippen molar-refractivity contribution in [3.8, 4) is 5.75 Å². The number of carbonyl (C=O) groups excluding carboxylic acids is 1. The van der Waals surface area contributed by atoms with Crippen molar-refractivity contribution in [2.75, 3.05) is 5.32 Å². The zero-order chi connectivity index (χ0) is 15.5. The Balaban J connectivity index is 2.10. The number of ether oxygens (including phenoxy) is 1. The molecule has 1 N–H and O–H groups in total. The molecule has 2 aromatic rings. The summed E-state index contributed by atoms with van der Waals surface area (Å²) >= 11 is 0. The van der Waals surface area contributed by atoms with Crippen LogP contribution in [0.3, 0.4) is 0 Å². The Kier molecular flexibility index (Phi) is 4.23. The number of aryl methyl sites for hydroxylation is 1. The molecule has 0 aliphatic rings. The van der Waals surface area contributed by atoms with Gasteiger partial charge in [-0.15, -0.1) is 3.89 Å². The average molecular weight is 309 g/mol. The van der Waals surface area contributed by atoms with Gasteiger partial charge in [0.2, 0.25) is 0 Å². The van der Waals surface area contributed by atoms with Crippen LogP contribution in [0.4, 0.5) is 14.4 Å². The van der Waals surface area contributed by atoms with Crippen LogP contribution in [-0.2, 0) is 10.2 Å². The summed E-state index contributed by atoms with van der Waals surface area (Å²) in [5.41, 5.74) is 0.496. The van der Waals surface area contributed by atoms with E-state index in [1.807, 2.05) is 0 Å². The van der Waals surface area contributed by atoms with E-state index in [1.165, 1.54) is 19.1 Å². The minimum Gasteiger partial charge on any atom is -0.410 e. The summed E-state index contributed by atoms with van der Waals surface area (Å²) in [5, 5.41) is 2.43. The van der Waals surface area contributed by atoms with Crippen molar-refractivity contribution in [2.24, 2.45) is 0 Å². The monoisotopic (exact) mass is 309 g/mol. The standard InChI is InChI=1S/C14H12FNO4S/c1-10-9-11(7-8-13(10)21(15,18)19)16-14(17)20-12-5-3-2-4-6-12/h2-9H,1H3,(H,16,17). The van der Waals surface area contributed by atoms with E-state index in [0.717, 1.165) is 6.07 Å². The zero-order valence-electron chi connectivity index (χ0n) is 11.0. The van der Waals surface area contributed by atoms with Gasteiger partial charge >= 0.3 is 16.3 Å². The van der Waals surface area contributed by atoms with Crippen LogP contribution in [0.15, 0.2) is 53.4 Å². The molecule has 0 radical (unpaired) electrons. The number of rotatable bonds is 3.